The average molecular weight is 600 g/mol. The summed E-state index contributed by atoms with van der Waals surface area (Å²) in [5.74, 6) is 0.477. The largest absolute Gasteiger partial charge is 0.341 e. The van der Waals surface area contributed by atoms with Gasteiger partial charge in [0, 0.05) is 49.6 Å². The molecule has 0 aliphatic heterocycles. The number of thioether (sulfide) groups is 1. The van der Waals surface area contributed by atoms with E-state index in [0.717, 1.165) is 28.7 Å². The Kier molecular flexibility index (Phi) is 7.78. The Balaban J connectivity index is 1.18. The van der Waals surface area contributed by atoms with E-state index in [1.807, 2.05) is 41.0 Å². The van der Waals surface area contributed by atoms with Crippen LogP contribution in [0.15, 0.2) is 101 Å². The molecule has 2 heterocycles. The molecular formula is C31H24Cl2N6OS. The maximum absolute atomic E-state index is 12.7. The number of aromatic nitrogens is 4. The minimum atomic E-state index is -0.256. The molecule has 6 rings (SSSR count). The Morgan fingerprint density at radius 3 is 2.37 bits per heavy atom. The molecule has 1 N–H and O–H groups in total. The van der Waals surface area contributed by atoms with Crippen molar-refractivity contribution in [2.45, 2.75) is 18.6 Å². The van der Waals surface area contributed by atoms with Crippen molar-refractivity contribution in [3.63, 3.8) is 0 Å². The first kappa shape index (κ1) is 27.1. The van der Waals surface area contributed by atoms with Crippen LogP contribution < -0.4 is 5.43 Å². The number of rotatable bonds is 8. The third-order valence-corrected chi connectivity index (χ3v) is 8.10. The molecule has 0 radical (unpaired) electrons. The monoisotopic (exact) mass is 598 g/mol. The highest BCUT2D eigenvalue weighted by molar-refractivity contribution is 7.99. The molecule has 41 heavy (non-hydrogen) atoms. The second-order valence-electron chi connectivity index (χ2n) is 9.24. The van der Waals surface area contributed by atoms with Crippen LogP contribution in [0.2, 0.25) is 10.0 Å². The van der Waals surface area contributed by atoms with Crippen LogP contribution in [-0.2, 0) is 11.3 Å². The summed E-state index contributed by atoms with van der Waals surface area (Å²) in [4.78, 5) is 12.7. The van der Waals surface area contributed by atoms with Crippen LogP contribution in [0.3, 0.4) is 0 Å². The lowest BCUT2D eigenvalue weighted by atomic mass is 10.1. The predicted octanol–water partition coefficient (Wildman–Crippen LogP) is 7.61. The molecule has 2 aromatic heterocycles. The zero-order valence-corrected chi connectivity index (χ0v) is 24.3. The zero-order chi connectivity index (χ0) is 28.3. The number of fused-ring (bicyclic) bond motifs is 3. The van der Waals surface area contributed by atoms with E-state index in [9.17, 15) is 4.79 Å². The molecule has 1 amide bonds. The summed E-state index contributed by atoms with van der Waals surface area (Å²) >= 11 is 13.5. The van der Waals surface area contributed by atoms with E-state index in [2.05, 4.69) is 62.5 Å². The highest BCUT2D eigenvalue weighted by Gasteiger charge is 2.17. The molecule has 0 aliphatic rings. The lowest BCUT2D eigenvalue weighted by Crippen LogP contribution is -2.20. The topological polar surface area (TPSA) is 77.1 Å². The summed E-state index contributed by atoms with van der Waals surface area (Å²) in [5, 5.41) is 17.1. The number of hydrazone groups is 1. The quantitative estimate of drug-likeness (QED) is 0.111. The second-order valence-corrected chi connectivity index (χ2v) is 11.1. The predicted molar refractivity (Wildman–Crippen MR) is 168 cm³/mol. The van der Waals surface area contributed by atoms with Crippen molar-refractivity contribution in [2.24, 2.45) is 5.10 Å². The molecule has 0 fully saturated rings. The summed E-state index contributed by atoms with van der Waals surface area (Å²) in [7, 11) is 0. The fourth-order valence-corrected chi connectivity index (χ4v) is 5.80. The normalized spacial score (nSPS) is 11.6. The second kappa shape index (κ2) is 11.8. The number of nitrogens with zero attached hydrogens (tertiary/aromatic N) is 5. The molecule has 0 atom stereocenters. The lowest BCUT2D eigenvalue weighted by molar-refractivity contribution is -0.118. The Morgan fingerprint density at radius 1 is 0.902 bits per heavy atom. The summed E-state index contributed by atoms with van der Waals surface area (Å²) in [6.45, 7) is 3.03. The third kappa shape index (κ3) is 5.59. The molecule has 4 aromatic carbocycles. The number of halogens is 2. The van der Waals surface area contributed by atoms with Crippen LogP contribution in [0.25, 0.3) is 38.9 Å². The minimum Gasteiger partial charge on any atom is -0.341 e. The van der Waals surface area contributed by atoms with Gasteiger partial charge < -0.3 is 4.57 Å². The van der Waals surface area contributed by atoms with E-state index in [1.54, 1.807) is 30.5 Å². The Hall–Kier alpha value is -4.11. The van der Waals surface area contributed by atoms with Gasteiger partial charge in [0.25, 0.3) is 5.91 Å². The molecule has 7 nitrogen and oxygen atoms in total. The van der Waals surface area contributed by atoms with Crippen LogP contribution in [0.4, 0.5) is 0 Å². The van der Waals surface area contributed by atoms with Crippen LogP contribution in [0.1, 0.15) is 12.5 Å². The number of para-hydroxylation sites is 1. The van der Waals surface area contributed by atoms with Crippen molar-refractivity contribution in [1.82, 2.24) is 24.8 Å². The van der Waals surface area contributed by atoms with Gasteiger partial charge in [-0.05, 0) is 79.2 Å². The number of amides is 1. The van der Waals surface area contributed by atoms with Gasteiger partial charge in [-0.25, -0.2) is 5.43 Å². The Labute approximate surface area is 250 Å². The maximum atomic E-state index is 12.7. The van der Waals surface area contributed by atoms with Gasteiger partial charge in [-0.1, -0.05) is 59.2 Å². The fraction of sp³-hybridized carbons (Fsp3) is 0.0968. The minimum absolute atomic E-state index is 0.104. The molecule has 0 spiro atoms. The number of hydrogen-bond donors (Lipinski definition) is 1. The van der Waals surface area contributed by atoms with Crippen molar-refractivity contribution in [1.29, 1.82) is 0 Å². The Morgan fingerprint density at radius 2 is 1.61 bits per heavy atom. The Bertz CT molecular complexity index is 1890. The van der Waals surface area contributed by atoms with Crippen LogP contribution in [0.5, 0.6) is 0 Å². The molecule has 6 aromatic rings. The SMILES string of the molecule is CCn1c2ccccc2c2cc(C=NNC(=O)CSc3nnc(-c4ccc(Cl)cc4)n3-c3ccc(Cl)cc3)ccc21. The highest BCUT2D eigenvalue weighted by Crippen LogP contribution is 2.30. The van der Waals surface area contributed by atoms with E-state index in [1.165, 1.54) is 28.2 Å². The van der Waals surface area contributed by atoms with Crippen molar-refractivity contribution in [2.75, 3.05) is 5.75 Å². The van der Waals surface area contributed by atoms with Crippen molar-refractivity contribution in [3.8, 4) is 17.1 Å². The molecule has 10 heteroatoms. The number of carbonyl (C=O) groups is 1. The van der Waals surface area contributed by atoms with Crippen molar-refractivity contribution >= 4 is 68.9 Å². The number of nitrogens with one attached hydrogen (secondary N) is 1. The lowest BCUT2D eigenvalue weighted by Gasteiger charge is -2.10. The summed E-state index contributed by atoms with van der Waals surface area (Å²) < 4.78 is 4.19. The van der Waals surface area contributed by atoms with E-state index in [0.29, 0.717) is 21.0 Å². The standard InChI is InChI=1S/C31H24Cl2N6OS/c1-2-38-27-6-4-3-5-25(27)26-17-20(7-16-28(26)38)18-34-35-29(40)19-41-31-37-36-30(21-8-10-22(32)11-9-21)39(31)24-14-12-23(33)13-15-24/h3-18H,2,19H2,1H3,(H,35,40). The van der Waals surface area contributed by atoms with E-state index in [-0.39, 0.29) is 11.7 Å². The summed E-state index contributed by atoms with van der Waals surface area (Å²) in [6, 6.07) is 29.3. The first-order valence-electron chi connectivity index (χ1n) is 12.9. The van der Waals surface area contributed by atoms with Gasteiger partial charge in [0.15, 0.2) is 11.0 Å². The smallest absolute Gasteiger partial charge is 0.250 e. The van der Waals surface area contributed by atoms with Gasteiger partial charge in [0.05, 0.1) is 12.0 Å². The van der Waals surface area contributed by atoms with Gasteiger partial charge in [-0.2, -0.15) is 5.10 Å². The molecule has 0 unspecified atom stereocenters. The van der Waals surface area contributed by atoms with Gasteiger partial charge in [-0.15, -0.1) is 10.2 Å². The molecular weight excluding hydrogens is 575 g/mol. The van der Waals surface area contributed by atoms with Crippen molar-refractivity contribution < 1.29 is 4.79 Å². The van der Waals surface area contributed by atoms with Crippen molar-refractivity contribution in [3.05, 3.63) is 107 Å². The van der Waals surface area contributed by atoms with Crippen LogP contribution in [-0.4, -0.2) is 37.2 Å². The van der Waals surface area contributed by atoms with E-state index < -0.39 is 0 Å². The van der Waals surface area contributed by atoms with E-state index >= 15 is 0 Å². The van der Waals surface area contributed by atoms with Gasteiger partial charge >= 0.3 is 0 Å². The van der Waals surface area contributed by atoms with Gasteiger partial charge in [-0.3, -0.25) is 9.36 Å². The first-order chi connectivity index (χ1) is 20.0. The highest BCUT2D eigenvalue weighted by atomic mass is 35.5. The number of aryl methyl sites for hydroxylation is 1. The number of benzene rings is 4. The van der Waals surface area contributed by atoms with Gasteiger partial charge in [0.2, 0.25) is 0 Å². The summed E-state index contributed by atoms with van der Waals surface area (Å²) in [6.07, 6.45) is 1.66. The number of carbonyl (C=O) groups excluding carboxylic acids is 1. The third-order valence-electron chi connectivity index (χ3n) is 6.67. The summed E-state index contributed by atoms with van der Waals surface area (Å²) in [5.41, 5.74) is 7.58. The van der Waals surface area contributed by atoms with Crippen LogP contribution in [0, 0.1) is 0 Å². The van der Waals surface area contributed by atoms with Crippen LogP contribution >= 0.6 is 35.0 Å². The maximum Gasteiger partial charge on any atom is 0.250 e. The van der Waals surface area contributed by atoms with E-state index in [4.69, 9.17) is 23.2 Å². The molecule has 0 saturated heterocycles. The number of hydrogen-bond acceptors (Lipinski definition) is 5. The first-order valence-corrected chi connectivity index (χ1v) is 14.7. The average Bonchev–Trinajstić information content (AvgIpc) is 3.56. The molecule has 0 aliphatic carbocycles. The van der Waals surface area contributed by atoms with Gasteiger partial charge in [0.1, 0.15) is 0 Å². The molecule has 204 valence electrons. The fourth-order valence-electron chi connectivity index (χ4n) is 4.81. The molecule has 0 saturated carbocycles. The molecule has 0 bridgehead atoms. The zero-order valence-electron chi connectivity index (χ0n) is 22.0.